The molecule has 0 radical (unpaired) electrons. The zero-order chi connectivity index (χ0) is 24.7. The third-order valence-electron chi connectivity index (χ3n) is 4.79. The maximum atomic E-state index is 12.2. The van der Waals surface area contributed by atoms with Crippen LogP contribution >= 0.6 is 0 Å². The number of carbonyl (C=O) groups excluding carboxylic acids is 2. The van der Waals surface area contributed by atoms with E-state index < -0.39 is 22.2 Å². The molecule has 2 aromatic heterocycles. The number of hydrogen-bond acceptors (Lipinski definition) is 9. The van der Waals surface area contributed by atoms with Crippen molar-refractivity contribution in [2.45, 2.75) is 19.9 Å². The molecule has 178 valence electrons. The van der Waals surface area contributed by atoms with Crippen LogP contribution in [0, 0.1) is 10.2 Å². The fourth-order valence-electron chi connectivity index (χ4n) is 3.48. The van der Waals surface area contributed by atoms with E-state index in [1.165, 1.54) is 0 Å². The summed E-state index contributed by atoms with van der Waals surface area (Å²) in [5, 5.41) is 0. The highest BCUT2D eigenvalue weighted by atomic mass is 35.7. The van der Waals surface area contributed by atoms with Gasteiger partial charge in [-0.05, 0) is 25.1 Å². The Morgan fingerprint density at radius 1 is 1.09 bits per heavy atom. The highest BCUT2D eigenvalue weighted by Crippen LogP contribution is 2.32. The van der Waals surface area contributed by atoms with Crippen LogP contribution in [0.3, 0.4) is 0 Å². The molecule has 0 bridgehead atoms. The lowest BCUT2D eigenvalue weighted by Crippen LogP contribution is -2.68. The van der Waals surface area contributed by atoms with Gasteiger partial charge in [0.05, 0.1) is 31.1 Å². The minimum absolute atomic E-state index is 0.250. The van der Waals surface area contributed by atoms with Crippen LogP contribution in [0.15, 0.2) is 71.7 Å². The SMILES string of the molecule is CCOC(=O)C=CC(=O)Oc1cccc2c1Cc1c(-c3ccoc3)ccc[n+]1C2.[O-][Cl+3]([O-])([O-])[O-]. The molecular formula is C23H20ClNO9. The van der Waals surface area contributed by atoms with E-state index in [1.54, 1.807) is 25.5 Å². The van der Waals surface area contributed by atoms with Crippen molar-refractivity contribution in [2.24, 2.45) is 0 Å². The molecule has 0 atom stereocenters. The van der Waals surface area contributed by atoms with Crippen molar-refractivity contribution >= 4 is 11.9 Å². The number of carbonyl (C=O) groups is 2. The highest BCUT2D eigenvalue weighted by molar-refractivity contribution is 5.92. The maximum Gasteiger partial charge on any atom is 0.336 e. The molecule has 0 N–H and O–H groups in total. The Bertz CT molecular complexity index is 1180. The zero-order valence-electron chi connectivity index (χ0n) is 18.0. The molecule has 0 saturated carbocycles. The predicted molar refractivity (Wildman–Crippen MR) is 104 cm³/mol. The van der Waals surface area contributed by atoms with Gasteiger partial charge in [-0.15, -0.1) is 10.2 Å². The summed E-state index contributed by atoms with van der Waals surface area (Å²) in [4.78, 5) is 23.6. The molecule has 1 aliphatic heterocycles. The average molecular weight is 490 g/mol. The van der Waals surface area contributed by atoms with E-state index in [9.17, 15) is 9.59 Å². The third kappa shape index (κ3) is 6.98. The summed E-state index contributed by atoms with van der Waals surface area (Å²) < 4.78 is 51.7. The topological polar surface area (TPSA) is 162 Å². The molecule has 3 aromatic rings. The average Bonchev–Trinajstić information content (AvgIpc) is 3.30. The summed E-state index contributed by atoms with van der Waals surface area (Å²) in [5.41, 5.74) is 5.25. The van der Waals surface area contributed by atoms with E-state index in [0.717, 1.165) is 40.1 Å². The van der Waals surface area contributed by atoms with Gasteiger partial charge in [0, 0.05) is 34.9 Å². The second-order valence-corrected chi connectivity index (χ2v) is 7.72. The van der Waals surface area contributed by atoms with Gasteiger partial charge in [-0.25, -0.2) is 28.2 Å². The molecule has 4 rings (SSSR count). The Labute approximate surface area is 196 Å². The molecule has 1 aliphatic rings. The second-order valence-electron chi connectivity index (χ2n) is 6.96. The lowest BCUT2D eigenvalue weighted by Gasteiger charge is -2.19. The number of benzene rings is 1. The first-order chi connectivity index (χ1) is 16.2. The molecule has 11 heteroatoms. The van der Waals surface area contributed by atoms with E-state index in [2.05, 4.69) is 10.6 Å². The number of furan rings is 1. The van der Waals surface area contributed by atoms with Gasteiger partial charge in [-0.1, -0.05) is 12.1 Å². The molecule has 0 amide bonds. The number of fused-ring (bicyclic) bond motifs is 2. The molecule has 0 saturated heterocycles. The van der Waals surface area contributed by atoms with Gasteiger partial charge < -0.3 is 13.9 Å². The Balaban J connectivity index is 0.000000588. The summed E-state index contributed by atoms with van der Waals surface area (Å²) in [6.45, 7) is 2.63. The predicted octanol–water partition coefficient (Wildman–Crippen LogP) is -1.54. The van der Waals surface area contributed by atoms with Gasteiger partial charge >= 0.3 is 11.9 Å². The van der Waals surface area contributed by atoms with E-state index in [0.29, 0.717) is 18.7 Å². The molecule has 0 aliphatic carbocycles. The third-order valence-corrected chi connectivity index (χ3v) is 4.79. The summed E-state index contributed by atoms with van der Waals surface area (Å²) in [6, 6.07) is 11.7. The number of nitrogens with zero attached hydrogens (tertiary/aromatic N) is 1. The Kier molecular flexibility index (Phi) is 8.16. The van der Waals surface area contributed by atoms with Crippen molar-refractivity contribution in [2.75, 3.05) is 6.61 Å². The van der Waals surface area contributed by atoms with Crippen molar-refractivity contribution in [1.82, 2.24) is 0 Å². The van der Waals surface area contributed by atoms with E-state index in [4.69, 9.17) is 32.5 Å². The van der Waals surface area contributed by atoms with Gasteiger partial charge in [0.2, 0.25) is 0 Å². The Morgan fingerprint density at radius 2 is 1.82 bits per heavy atom. The van der Waals surface area contributed by atoms with Crippen LogP contribution in [0.25, 0.3) is 11.1 Å². The van der Waals surface area contributed by atoms with Crippen molar-refractivity contribution < 1.29 is 56.9 Å². The van der Waals surface area contributed by atoms with E-state index in [1.807, 2.05) is 30.5 Å². The van der Waals surface area contributed by atoms with Crippen LogP contribution in [-0.4, -0.2) is 18.5 Å². The largest absolute Gasteiger partial charge is 0.472 e. The smallest absolute Gasteiger partial charge is 0.336 e. The molecular weight excluding hydrogens is 470 g/mol. The first-order valence-electron chi connectivity index (χ1n) is 9.98. The first kappa shape index (κ1) is 25.1. The van der Waals surface area contributed by atoms with Crippen LogP contribution in [-0.2, 0) is 27.3 Å². The molecule has 0 spiro atoms. The minimum atomic E-state index is -4.94. The van der Waals surface area contributed by atoms with Crippen LogP contribution < -0.4 is 27.9 Å². The van der Waals surface area contributed by atoms with Gasteiger partial charge in [0.1, 0.15) is 5.75 Å². The number of esters is 2. The van der Waals surface area contributed by atoms with E-state index in [-0.39, 0.29) is 6.61 Å². The van der Waals surface area contributed by atoms with Crippen LogP contribution in [0.1, 0.15) is 23.7 Å². The molecule has 0 fully saturated rings. The number of ether oxygens (including phenoxy) is 2. The van der Waals surface area contributed by atoms with Gasteiger partial charge in [0.15, 0.2) is 18.4 Å². The Morgan fingerprint density at radius 3 is 2.50 bits per heavy atom. The maximum absolute atomic E-state index is 12.2. The second kappa shape index (κ2) is 11.1. The fourth-order valence-corrected chi connectivity index (χ4v) is 3.48. The number of aromatic nitrogens is 1. The lowest BCUT2D eigenvalue weighted by molar-refractivity contribution is -2.00. The molecule has 0 unspecified atom stereocenters. The monoisotopic (exact) mass is 489 g/mol. The number of rotatable bonds is 5. The summed E-state index contributed by atoms with van der Waals surface area (Å²) in [6.07, 6.45) is 8.19. The molecule has 10 nitrogen and oxygen atoms in total. The molecule has 34 heavy (non-hydrogen) atoms. The van der Waals surface area contributed by atoms with Crippen LogP contribution in [0.5, 0.6) is 5.75 Å². The zero-order valence-corrected chi connectivity index (χ0v) is 18.7. The number of halogens is 1. The number of hydrogen-bond donors (Lipinski definition) is 0. The van der Waals surface area contributed by atoms with E-state index >= 15 is 0 Å². The van der Waals surface area contributed by atoms with Crippen molar-refractivity contribution in [3.8, 4) is 16.9 Å². The highest BCUT2D eigenvalue weighted by Gasteiger charge is 2.28. The lowest BCUT2D eigenvalue weighted by atomic mass is 9.93. The summed E-state index contributed by atoms with van der Waals surface area (Å²) >= 11 is 0. The van der Waals surface area contributed by atoms with Crippen molar-refractivity contribution in [1.29, 1.82) is 0 Å². The summed E-state index contributed by atoms with van der Waals surface area (Å²) in [5.74, 6) is -0.697. The van der Waals surface area contributed by atoms with Crippen molar-refractivity contribution in [3.05, 3.63) is 84.1 Å². The summed E-state index contributed by atoms with van der Waals surface area (Å²) in [7, 11) is -4.94. The molecule has 1 aromatic carbocycles. The minimum Gasteiger partial charge on any atom is -0.472 e. The van der Waals surface area contributed by atoms with Gasteiger partial charge in [-0.3, -0.25) is 0 Å². The first-order valence-corrected chi connectivity index (χ1v) is 11.2. The number of pyridine rings is 1. The standard InChI is InChI=1S/C23H20NO5.ClHO4/c1-2-28-22(25)8-9-23(26)29-21-7-3-5-16-14-24-11-4-6-18(17-10-12-27-15-17)20(24)13-19(16)21;2-1(3,4)5/h3-12,15H,2,13-14H2,1H3;(H,2,3,4,5)/q+1;/p-1. The normalized spacial score (nSPS) is 12.3. The quantitative estimate of drug-likeness (QED) is 0.140. The van der Waals surface area contributed by atoms with Crippen LogP contribution in [0.2, 0.25) is 0 Å². The van der Waals surface area contributed by atoms with Gasteiger partial charge in [-0.2, -0.15) is 4.57 Å². The Hall–Kier alpha value is -3.54. The fraction of sp³-hybridized carbons (Fsp3) is 0.174. The van der Waals surface area contributed by atoms with Crippen molar-refractivity contribution in [3.63, 3.8) is 0 Å². The van der Waals surface area contributed by atoms with Crippen LogP contribution in [0.4, 0.5) is 0 Å². The van der Waals surface area contributed by atoms with Gasteiger partial charge in [0.25, 0.3) is 0 Å². The molecule has 3 heterocycles.